The second kappa shape index (κ2) is 6.68. The quantitative estimate of drug-likeness (QED) is 0.878. The van der Waals surface area contributed by atoms with Gasteiger partial charge in [0.2, 0.25) is 0 Å². The number of thiazole rings is 1. The van der Waals surface area contributed by atoms with Crippen molar-refractivity contribution in [3.63, 3.8) is 0 Å². The van der Waals surface area contributed by atoms with Gasteiger partial charge in [-0.2, -0.15) is 0 Å². The fourth-order valence-electron chi connectivity index (χ4n) is 2.03. The molecule has 1 N–H and O–H groups in total. The molecular formula is C15H20N2OS. The van der Waals surface area contributed by atoms with Gasteiger partial charge in [0.1, 0.15) is 5.75 Å². The van der Waals surface area contributed by atoms with Crippen LogP contribution in [0.15, 0.2) is 29.6 Å². The molecule has 2 rings (SSSR count). The molecule has 4 heteroatoms. The van der Waals surface area contributed by atoms with Gasteiger partial charge in [-0.25, -0.2) is 4.98 Å². The molecule has 0 aliphatic rings. The molecule has 0 radical (unpaired) electrons. The van der Waals surface area contributed by atoms with Crippen molar-refractivity contribution in [1.82, 2.24) is 10.3 Å². The van der Waals surface area contributed by atoms with E-state index in [2.05, 4.69) is 30.6 Å². The minimum absolute atomic E-state index is 0.313. The Morgan fingerprint density at radius 1 is 1.37 bits per heavy atom. The van der Waals surface area contributed by atoms with Crippen molar-refractivity contribution in [3.8, 4) is 5.75 Å². The number of para-hydroxylation sites is 1. The molecule has 2 aromatic rings. The Morgan fingerprint density at radius 3 is 2.89 bits per heavy atom. The van der Waals surface area contributed by atoms with Crippen LogP contribution in [0.3, 0.4) is 0 Å². The maximum Gasteiger partial charge on any atom is 0.122 e. The molecule has 1 unspecified atom stereocenters. The molecule has 0 fully saturated rings. The van der Waals surface area contributed by atoms with E-state index in [4.69, 9.17) is 9.72 Å². The van der Waals surface area contributed by atoms with Gasteiger partial charge >= 0.3 is 0 Å². The molecule has 0 bridgehead atoms. The number of nitrogens with zero attached hydrogens (tertiary/aromatic N) is 1. The number of methoxy groups -OCH3 is 1. The van der Waals surface area contributed by atoms with E-state index in [0.717, 1.165) is 29.4 Å². The lowest BCUT2D eigenvalue weighted by Gasteiger charge is -2.08. The summed E-state index contributed by atoms with van der Waals surface area (Å²) in [4.78, 5) is 4.70. The second-order valence-corrected chi connectivity index (χ2v) is 5.38. The van der Waals surface area contributed by atoms with Crippen molar-refractivity contribution in [2.24, 2.45) is 0 Å². The average Bonchev–Trinajstić information content (AvgIpc) is 2.88. The topological polar surface area (TPSA) is 34.1 Å². The minimum Gasteiger partial charge on any atom is -0.496 e. The highest BCUT2D eigenvalue weighted by Gasteiger charge is 2.10. The SMILES string of the molecule is CCNC(C)c1csc(Cc2ccccc2OC)n1. The van der Waals surface area contributed by atoms with Crippen molar-refractivity contribution < 1.29 is 4.74 Å². The summed E-state index contributed by atoms with van der Waals surface area (Å²) in [5.74, 6) is 0.930. The molecule has 0 saturated carbocycles. The van der Waals surface area contributed by atoms with E-state index in [-0.39, 0.29) is 0 Å². The summed E-state index contributed by atoms with van der Waals surface area (Å²) in [6.07, 6.45) is 0.827. The van der Waals surface area contributed by atoms with Gasteiger partial charge in [-0.1, -0.05) is 25.1 Å². The van der Waals surface area contributed by atoms with E-state index < -0.39 is 0 Å². The van der Waals surface area contributed by atoms with Gasteiger partial charge in [0.25, 0.3) is 0 Å². The summed E-state index contributed by atoms with van der Waals surface area (Å²) < 4.78 is 5.37. The first-order chi connectivity index (χ1) is 9.24. The molecule has 0 amide bonds. The lowest BCUT2D eigenvalue weighted by molar-refractivity contribution is 0.410. The first-order valence-corrected chi connectivity index (χ1v) is 7.42. The highest BCUT2D eigenvalue weighted by molar-refractivity contribution is 7.09. The zero-order valence-corrected chi connectivity index (χ0v) is 12.5. The number of ether oxygens (including phenoxy) is 1. The Balaban J connectivity index is 2.11. The molecule has 0 spiro atoms. The van der Waals surface area contributed by atoms with Crippen molar-refractivity contribution in [1.29, 1.82) is 0 Å². The van der Waals surface area contributed by atoms with Crippen molar-refractivity contribution >= 4 is 11.3 Å². The summed E-state index contributed by atoms with van der Waals surface area (Å²) in [5.41, 5.74) is 2.30. The van der Waals surface area contributed by atoms with E-state index in [1.807, 2.05) is 18.2 Å². The lowest BCUT2D eigenvalue weighted by atomic mass is 10.1. The van der Waals surface area contributed by atoms with Gasteiger partial charge in [-0.3, -0.25) is 0 Å². The highest BCUT2D eigenvalue weighted by atomic mass is 32.1. The zero-order chi connectivity index (χ0) is 13.7. The molecule has 0 aliphatic heterocycles. The average molecular weight is 276 g/mol. The van der Waals surface area contributed by atoms with Gasteiger partial charge in [-0.15, -0.1) is 11.3 Å². The Bertz CT molecular complexity index is 524. The van der Waals surface area contributed by atoms with E-state index in [1.165, 1.54) is 5.56 Å². The smallest absolute Gasteiger partial charge is 0.122 e. The van der Waals surface area contributed by atoms with E-state index in [1.54, 1.807) is 18.4 Å². The number of aromatic nitrogens is 1. The van der Waals surface area contributed by atoms with Crippen LogP contribution in [0.25, 0.3) is 0 Å². The van der Waals surface area contributed by atoms with E-state index in [9.17, 15) is 0 Å². The van der Waals surface area contributed by atoms with Crippen LogP contribution in [0.2, 0.25) is 0 Å². The van der Waals surface area contributed by atoms with Crippen LogP contribution in [0, 0.1) is 0 Å². The number of hydrogen-bond donors (Lipinski definition) is 1. The second-order valence-electron chi connectivity index (χ2n) is 4.43. The fraction of sp³-hybridized carbons (Fsp3) is 0.400. The molecule has 3 nitrogen and oxygen atoms in total. The van der Waals surface area contributed by atoms with Gasteiger partial charge in [-0.05, 0) is 19.5 Å². The van der Waals surface area contributed by atoms with Gasteiger partial charge in [0.15, 0.2) is 0 Å². The molecule has 1 atom stereocenters. The standard InChI is InChI=1S/C15H20N2OS/c1-4-16-11(2)13-10-19-15(17-13)9-12-7-5-6-8-14(12)18-3/h5-8,10-11,16H,4,9H2,1-3H3. The van der Waals surface area contributed by atoms with Crippen LogP contribution in [-0.2, 0) is 6.42 Å². The monoisotopic (exact) mass is 276 g/mol. The van der Waals surface area contributed by atoms with Crippen LogP contribution in [0.1, 0.15) is 36.2 Å². The summed E-state index contributed by atoms with van der Waals surface area (Å²) in [6, 6.07) is 8.42. The lowest BCUT2D eigenvalue weighted by Crippen LogP contribution is -2.17. The first kappa shape index (κ1) is 14.0. The Kier molecular flexibility index (Phi) is 4.93. The van der Waals surface area contributed by atoms with Crippen molar-refractivity contribution in [2.45, 2.75) is 26.3 Å². The number of rotatable bonds is 6. The molecular weight excluding hydrogens is 256 g/mol. The predicted molar refractivity (Wildman–Crippen MR) is 80.0 cm³/mol. The molecule has 1 aromatic heterocycles. The Labute approximate surface area is 118 Å². The summed E-state index contributed by atoms with van der Waals surface area (Å²) in [6.45, 7) is 5.21. The molecule has 0 aliphatic carbocycles. The molecule has 19 heavy (non-hydrogen) atoms. The summed E-state index contributed by atoms with van der Waals surface area (Å²) in [5, 5.41) is 6.65. The third-order valence-electron chi connectivity index (χ3n) is 3.06. The van der Waals surface area contributed by atoms with Crippen LogP contribution < -0.4 is 10.1 Å². The van der Waals surface area contributed by atoms with E-state index in [0.29, 0.717) is 6.04 Å². The number of benzene rings is 1. The largest absolute Gasteiger partial charge is 0.496 e. The molecule has 1 heterocycles. The van der Waals surface area contributed by atoms with Gasteiger partial charge in [0.05, 0.1) is 17.8 Å². The van der Waals surface area contributed by atoms with Crippen LogP contribution in [0.5, 0.6) is 5.75 Å². The van der Waals surface area contributed by atoms with Crippen LogP contribution in [0.4, 0.5) is 0 Å². The molecule has 1 aromatic carbocycles. The van der Waals surface area contributed by atoms with Gasteiger partial charge in [0, 0.05) is 23.4 Å². The maximum atomic E-state index is 5.37. The maximum absolute atomic E-state index is 5.37. The highest BCUT2D eigenvalue weighted by Crippen LogP contribution is 2.24. The summed E-state index contributed by atoms with van der Waals surface area (Å²) in [7, 11) is 1.71. The molecule has 0 saturated heterocycles. The fourth-order valence-corrected chi connectivity index (χ4v) is 2.94. The number of nitrogens with one attached hydrogen (secondary N) is 1. The normalized spacial score (nSPS) is 12.4. The third kappa shape index (κ3) is 3.55. The minimum atomic E-state index is 0.313. The molecule has 102 valence electrons. The first-order valence-electron chi connectivity index (χ1n) is 6.54. The van der Waals surface area contributed by atoms with Crippen LogP contribution in [-0.4, -0.2) is 18.6 Å². The number of hydrogen-bond acceptors (Lipinski definition) is 4. The van der Waals surface area contributed by atoms with E-state index >= 15 is 0 Å². The predicted octanol–water partition coefficient (Wildman–Crippen LogP) is 3.41. The van der Waals surface area contributed by atoms with Crippen molar-refractivity contribution in [3.05, 3.63) is 45.9 Å². The van der Waals surface area contributed by atoms with Crippen LogP contribution >= 0.6 is 11.3 Å². The Morgan fingerprint density at radius 2 is 2.16 bits per heavy atom. The van der Waals surface area contributed by atoms with Crippen molar-refractivity contribution in [2.75, 3.05) is 13.7 Å². The zero-order valence-electron chi connectivity index (χ0n) is 11.6. The Hall–Kier alpha value is -1.39. The van der Waals surface area contributed by atoms with Gasteiger partial charge < -0.3 is 10.1 Å². The summed E-state index contributed by atoms with van der Waals surface area (Å²) >= 11 is 1.71. The third-order valence-corrected chi connectivity index (χ3v) is 3.92.